The van der Waals surface area contributed by atoms with Gasteiger partial charge in [-0.1, -0.05) is 13.8 Å². The molecule has 15 heavy (non-hydrogen) atoms. The van der Waals surface area contributed by atoms with Crippen molar-refractivity contribution in [3.05, 3.63) is 0 Å². The molecule has 0 amide bonds. The minimum absolute atomic E-state index is 0.128. The summed E-state index contributed by atoms with van der Waals surface area (Å²) in [4.78, 5) is 13.4. The first-order valence-electron chi connectivity index (χ1n) is 6.12. The van der Waals surface area contributed by atoms with Crippen LogP contribution in [0.25, 0.3) is 0 Å². The lowest BCUT2D eigenvalue weighted by atomic mass is 9.92. The highest BCUT2D eigenvalue weighted by atomic mass is 16.4. The van der Waals surface area contributed by atoms with E-state index in [1.165, 1.54) is 19.4 Å². The van der Waals surface area contributed by atoms with Crippen LogP contribution < -0.4 is 0 Å². The van der Waals surface area contributed by atoms with Gasteiger partial charge >= 0.3 is 5.97 Å². The Kier molecular flexibility index (Phi) is 5.09. The zero-order chi connectivity index (χ0) is 11.3. The van der Waals surface area contributed by atoms with Crippen LogP contribution in [0.5, 0.6) is 0 Å². The van der Waals surface area contributed by atoms with Crippen molar-refractivity contribution < 1.29 is 9.90 Å². The van der Waals surface area contributed by atoms with Crippen molar-refractivity contribution in [2.24, 2.45) is 11.8 Å². The topological polar surface area (TPSA) is 40.5 Å². The molecule has 0 aromatic rings. The van der Waals surface area contributed by atoms with E-state index in [1.54, 1.807) is 0 Å². The van der Waals surface area contributed by atoms with Gasteiger partial charge in [0.2, 0.25) is 0 Å². The lowest BCUT2D eigenvalue weighted by molar-refractivity contribution is -0.142. The fraction of sp³-hybridized carbons (Fsp3) is 0.917. The highest BCUT2D eigenvalue weighted by Gasteiger charge is 2.26. The van der Waals surface area contributed by atoms with Crippen LogP contribution in [0.3, 0.4) is 0 Å². The van der Waals surface area contributed by atoms with Crippen molar-refractivity contribution >= 4 is 5.97 Å². The number of carboxylic acid groups (broad SMARTS) is 1. The maximum atomic E-state index is 10.9. The SMILES string of the molecule is CCCN1CCC(CC(CC)C(=O)O)C1. The molecular weight excluding hydrogens is 190 g/mol. The lowest BCUT2D eigenvalue weighted by Gasteiger charge is -2.17. The Morgan fingerprint density at radius 1 is 1.53 bits per heavy atom. The van der Waals surface area contributed by atoms with E-state index in [9.17, 15) is 4.79 Å². The highest BCUT2D eigenvalue weighted by molar-refractivity contribution is 5.69. The van der Waals surface area contributed by atoms with Crippen molar-refractivity contribution in [3.63, 3.8) is 0 Å². The largest absolute Gasteiger partial charge is 0.481 e. The van der Waals surface area contributed by atoms with Crippen LogP contribution in [0.2, 0.25) is 0 Å². The first kappa shape index (κ1) is 12.5. The Morgan fingerprint density at radius 2 is 2.27 bits per heavy atom. The molecule has 3 nitrogen and oxygen atoms in total. The van der Waals surface area contributed by atoms with Crippen LogP contribution in [-0.2, 0) is 4.79 Å². The molecule has 2 atom stereocenters. The van der Waals surface area contributed by atoms with Gasteiger partial charge in [-0.2, -0.15) is 0 Å². The summed E-state index contributed by atoms with van der Waals surface area (Å²) in [7, 11) is 0. The summed E-state index contributed by atoms with van der Waals surface area (Å²) < 4.78 is 0. The summed E-state index contributed by atoms with van der Waals surface area (Å²) in [5, 5.41) is 8.99. The molecular formula is C12H23NO2. The molecule has 0 aromatic heterocycles. The van der Waals surface area contributed by atoms with Gasteiger partial charge in [0, 0.05) is 6.54 Å². The second-order valence-electron chi connectivity index (χ2n) is 4.63. The summed E-state index contributed by atoms with van der Waals surface area (Å²) >= 11 is 0. The molecule has 1 heterocycles. The van der Waals surface area contributed by atoms with Crippen LogP contribution >= 0.6 is 0 Å². The molecule has 2 unspecified atom stereocenters. The molecule has 0 spiro atoms. The second kappa shape index (κ2) is 6.11. The smallest absolute Gasteiger partial charge is 0.306 e. The predicted molar refractivity (Wildman–Crippen MR) is 60.9 cm³/mol. The van der Waals surface area contributed by atoms with Crippen LogP contribution in [0.15, 0.2) is 0 Å². The third-order valence-electron chi connectivity index (χ3n) is 3.37. The van der Waals surface area contributed by atoms with Gasteiger partial charge in [0.25, 0.3) is 0 Å². The van der Waals surface area contributed by atoms with E-state index in [2.05, 4.69) is 11.8 Å². The van der Waals surface area contributed by atoms with E-state index in [0.29, 0.717) is 5.92 Å². The zero-order valence-electron chi connectivity index (χ0n) is 9.91. The first-order valence-corrected chi connectivity index (χ1v) is 6.12. The Hall–Kier alpha value is -0.570. The molecule has 1 fully saturated rings. The van der Waals surface area contributed by atoms with Gasteiger partial charge < -0.3 is 10.0 Å². The monoisotopic (exact) mass is 213 g/mol. The predicted octanol–water partition coefficient (Wildman–Crippen LogP) is 2.22. The third-order valence-corrected chi connectivity index (χ3v) is 3.37. The number of likely N-dealkylation sites (tertiary alicyclic amines) is 1. The summed E-state index contributed by atoms with van der Waals surface area (Å²) in [6, 6.07) is 0. The Bertz CT molecular complexity index is 206. The van der Waals surface area contributed by atoms with Crippen LogP contribution in [0.1, 0.15) is 39.5 Å². The van der Waals surface area contributed by atoms with Crippen molar-refractivity contribution in [1.82, 2.24) is 4.90 Å². The molecule has 1 N–H and O–H groups in total. The number of hydrogen-bond donors (Lipinski definition) is 1. The molecule has 0 bridgehead atoms. The molecule has 1 aliphatic rings. The Balaban J connectivity index is 2.31. The summed E-state index contributed by atoms with van der Waals surface area (Å²) in [6.07, 6.45) is 4.01. The van der Waals surface area contributed by atoms with E-state index in [1.807, 2.05) is 6.92 Å². The average Bonchev–Trinajstić information content (AvgIpc) is 2.62. The third kappa shape index (κ3) is 3.82. The Morgan fingerprint density at radius 3 is 2.80 bits per heavy atom. The zero-order valence-corrected chi connectivity index (χ0v) is 9.91. The van der Waals surface area contributed by atoms with Crippen LogP contribution in [0.4, 0.5) is 0 Å². The van der Waals surface area contributed by atoms with Crippen molar-refractivity contribution in [2.45, 2.75) is 39.5 Å². The summed E-state index contributed by atoms with van der Waals surface area (Å²) in [5.41, 5.74) is 0. The number of aliphatic carboxylic acids is 1. The van der Waals surface area contributed by atoms with Crippen molar-refractivity contribution in [3.8, 4) is 0 Å². The van der Waals surface area contributed by atoms with E-state index < -0.39 is 5.97 Å². The number of carbonyl (C=O) groups is 1. The molecule has 1 rings (SSSR count). The van der Waals surface area contributed by atoms with Crippen molar-refractivity contribution in [2.75, 3.05) is 19.6 Å². The quantitative estimate of drug-likeness (QED) is 0.735. The van der Waals surface area contributed by atoms with Gasteiger partial charge in [-0.15, -0.1) is 0 Å². The van der Waals surface area contributed by atoms with Crippen LogP contribution in [0, 0.1) is 11.8 Å². The normalized spacial score (nSPS) is 24.3. The Labute approximate surface area is 92.5 Å². The molecule has 3 heteroatoms. The highest BCUT2D eigenvalue weighted by Crippen LogP contribution is 2.25. The lowest BCUT2D eigenvalue weighted by Crippen LogP contribution is -2.23. The number of hydrogen-bond acceptors (Lipinski definition) is 2. The van der Waals surface area contributed by atoms with Gasteiger partial charge in [-0.25, -0.2) is 0 Å². The second-order valence-corrected chi connectivity index (χ2v) is 4.63. The standard InChI is InChI=1S/C12H23NO2/c1-3-6-13-7-5-10(9-13)8-11(4-2)12(14)15/h10-11H,3-9H2,1-2H3,(H,14,15). The molecule has 1 aliphatic heterocycles. The van der Waals surface area contributed by atoms with Crippen molar-refractivity contribution in [1.29, 1.82) is 0 Å². The fourth-order valence-corrected chi connectivity index (χ4v) is 2.47. The molecule has 0 aliphatic carbocycles. The molecule has 88 valence electrons. The number of carboxylic acids is 1. The minimum Gasteiger partial charge on any atom is -0.481 e. The van der Waals surface area contributed by atoms with Gasteiger partial charge in [-0.05, 0) is 44.7 Å². The van der Waals surface area contributed by atoms with E-state index >= 15 is 0 Å². The maximum Gasteiger partial charge on any atom is 0.306 e. The number of rotatable bonds is 6. The first-order chi connectivity index (χ1) is 7.17. The van der Waals surface area contributed by atoms with E-state index in [0.717, 1.165) is 25.9 Å². The van der Waals surface area contributed by atoms with Gasteiger partial charge in [-0.3, -0.25) is 4.79 Å². The minimum atomic E-state index is -0.619. The fourth-order valence-electron chi connectivity index (χ4n) is 2.47. The number of nitrogens with zero attached hydrogens (tertiary/aromatic N) is 1. The molecule has 0 radical (unpaired) electrons. The van der Waals surface area contributed by atoms with E-state index in [4.69, 9.17) is 5.11 Å². The summed E-state index contributed by atoms with van der Waals surface area (Å²) in [6.45, 7) is 7.60. The van der Waals surface area contributed by atoms with E-state index in [-0.39, 0.29) is 5.92 Å². The maximum absolute atomic E-state index is 10.9. The van der Waals surface area contributed by atoms with Gasteiger partial charge in [0.15, 0.2) is 0 Å². The summed E-state index contributed by atoms with van der Waals surface area (Å²) in [5.74, 6) is -0.138. The average molecular weight is 213 g/mol. The van der Waals surface area contributed by atoms with Gasteiger partial charge in [0.1, 0.15) is 0 Å². The van der Waals surface area contributed by atoms with Gasteiger partial charge in [0.05, 0.1) is 5.92 Å². The van der Waals surface area contributed by atoms with Crippen LogP contribution in [-0.4, -0.2) is 35.6 Å². The molecule has 0 saturated carbocycles. The molecule has 0 aromatic carbocycles. The molecule has 1 saturated heterocycles.